The first-order valence-corrected chi connectivity index (χ1v) is 15.4. The Morgan fingerprint density at radius 1 is 0.354 bits per heavy atom. The summed E-state index contributed by atoms with van der Waals surface area (Å²) in [6.45, 7) is 0. The first kappa shape index (κ1) is 27.5. The molecule has 4 heterocycles. The molecule has 8 heteroatoms. The molecular formula is C40H24N6O2. The molecule has 0 aliphatic carbocycles. The maximum Gasteiger partial charge on any atom is 0.227 e. The van der Waals surface area contributed by atoms with Crippen LogP contribution in [-0.2, 0) is 0 Å². The third-order valence-corrected chi connectivity index (χ3v) is 8.05. The molecule has 0 unspecified atom stereocenters. The lowest BCUT2D eigenvalue weighted by Gasteiger charge is -2.09. The molecule has 4 aromatic heterocycles. The Balaban J connectivity index is 1.18. The summed E-state index contributed by atoms with van der Waals surface area (Å²) in [5.41, 5.74) is 8.81. The van der Waals surface area contributed by atoms with Crippen LogP contribution in [0.3, 0.4) is 0 Å². The molecule has 0 amide bonds. The van der Waals surface area contributed by atoms with Crippen molar-refractivity contribution in [2.75, 3.05) is 0 Å². The third-order valence-electron chi connectivity index (χ3n) is 8.05. The average molecular weight is 621 g/mol. The van der Waals surface area contributed by atoms with Crippen LogP contribution in [0.1, 0.15) is 0 Å². The fourth-order valence-electron chi connectivity index (χ4n) is 5.65. The van der Waals surface area contributed by atoms with Gasteiger partial charge in [-0.1, -0.05) is 60.7 Å². The second-order valence-corrected chi connectivity index (χ2v) is 11.2. The minimum Gasteiger partial charge on any atom is -0.436 e. The summed E-state index contributed by atoms with van der Waals surface area (Å²) in [5, 5.41) is 0. The summed E-state index contributed by atoms with van der Waals surface area (Å²) in [6, 6.07) is 45.2. The van der Waals surface area contributed by atoms with Crippen molar-refractivity contribution in [3.8, 4) is 68.3 Å². The van der Waals surface area contributed by atoms with Crippen LogP contribution in [0.25, 0.3) is 90.5 Å². The van der Waals surface area contributed by atoms with Crippen molar-refractivity contribution in [2.24, 2.45) is 0 Å². The molecule has 0 fully saturated rings. The van der Waals surface area contributed by atoms with Gasteiger partial charge in [-0.15, -0.1) is 0 Å². The zero-order valence-electron chi connectivity index (χ0n) is 25.4. The molecule has 0 N–H and O–H groups in total. The van der Waals surface area contributed by atoms with Gasteiger partial charge in [-0.25, -0.2) is 24.9 Å². The third kappa shape index (κ3) is 5.17. The maximum atomic E-state index is 6.19. The number of aromatic nitrogens is 6. The Labute approximate surface area is 274 Å². The number of rotatable bonds is 6. The molecule has 0 saturated heterocycles. The van der Waals surface area contributed by atoms with Crippen LogP contribution < -0.4 is 0 Å². The Bertz CT molecular complexity index is 2430. The molecule has 0 saturated carbocycles. The second kappa shape index (κ2) is 11.5. The molecule has 5 aromatic carbocycles. The Kier molecular flexibility index (Phi) is 6.61. The largest absolute Gasteiger partial charge is 0.436 e. The molecule has 48 heavy (non-hydrogen) atoms. The highest BCUT2D eigenvalue weighted by molar-refractivity contribution is 5.83. The summed E-state index contributed by atoms with van der Waals surface area (Å²) < 4.78 is 12.4. The molecule has 9 aromatic rings. The monoisotopic (exact) mass is 620 g/mol. The van der Waals surface area contributed by atoms with E-state index in [0.717, 1.165) is 50.1 Å². The normalized spacial score (nSPS) is 11.3. The maximum absolute atomic E-state index is 6.19. The minimum atomic E-state index is 0.500. The van der Waals surface area contributed by atoms with Gasteiger partial charge in [-0.2, -0.15) is 0 Å². The zero-order valence-corrected chi connectivity index (χ0v) is 25.4. The van der Waals surface area contributed by atoms with E-state index in [-0.39, 0.29) is 0 Å². The van der Waals surface area contributed by atoms with E-state index in [4.69, 9.17) is 33.8 Å². The topological polar surface area (TPSA) is 104 Å². The number of pyridine rings is 1. The van der Waals surface area contributed by atoms with Gasteiger partial charge in [0.1, 0.15) is 11.0 Å². The smallest absolute Gasteiger partial charge is 0.227 e. The summed E-state index contributed by atoms with van der Waals surface area (Å²) in [5.74, 6) is 2.64. The molecule has 0 atom stereocenters. The van der Waals surface area contributed by atoms with E-state index in [1.54, 1.807) is 6.20 Å². The predicted molar refractivity (Wildman–Crippen MR) is 185 cm³/mol. The van der Waals surface area contributed by atoms with Crippen molar-refractivity contribution in [3.63, 3.8) is 0 Å². The summed E-state index contributed by atoms with van der Waals surface area (Å²) in [6.07, 6.45) is 1.78. The standard InChI is InChI=1S/C40H24N6O2/c1-3-10-25(11-4-1)39-42-32-19-17-29(23-34(32)47-39)37-44-36(28-15-9-14-27(22-28)31-16-7-8-21-41-31)45-38(46-37)30-18-20-33-35(24-30)48-40(43-33)26-12-5-2-6-13-26/h1-24H. The van der Waals surface area contributed by atoms with Gasteiger partial charge in [0.2, 0.25) is 11.8 Å². The molecule has 0 aliphatic rings. The fraction of sp³-hybridized carbons (Fsp3) is 0. The van der Waals surface area contributed by atoms with Crippen LogP contribution in [0.15, 0.2) is 155 Å². The van der Waals surface area contributed by atoms with Crippen molar-refractivity contribution >= 4 is 22.2 Å². The zero-order chi connectivity index (χ0) is 31.9. The van der Waals surface area contributed by atoms with Crippen molar-refractivity contribution in [2.45, 2.75) is 0 Å². The van der Waals surface area contributed by atoms with Gasteiger partial charge in [0.15, 0.2) is 28.6 Å². The molecule has 0 spiro atoms. The molecule has 9 rings (SSSR count). The Morgan fingerprint density at radius 3 is 1.35 bits per heavy atom. The number of fused-ring (bicyclic) bond motifs is 2. The van der Waals surface area contributed by atoms with Crippen molar-refractivity contribution < 1.29 is 8.83 Å². The van der Waals surface area contributed by atoms with Crippen LogP contribution in [0, 0.1) is 0 Å². The molecule has 0 bridgehead atoms. The summed E-state index contributed by atoms with van der Waals surface area (Å²) in [7, 11) is 0. The van der Waals surface area contributed by atoms with Crippen molar-refractivity contribution in [1.82, 2.24) is 29.9 Å². The van der Waals surface area contributed by atoms with E-state index in [9.17, 15) is 0 Å². The number of benzene rings is 5. The van der Waals surface area contributed by atoms with Crippen LogP contribution in [-0.4, -0.2) is 29.9 Å². The summed E-state index contributed by atoms with van der Waals surface area (Å²) in [4.78, 5) is 28.8. The predicted octanol–water partition coefficient (Wildman–Crippen LogP) is 9.55. The molecule has 0 aliphatic heterocycles. The van der Waals surface area contributed by atoms with Crippen LogP contribution in [0.4, 0.5) is 0 Å². The number of nitrogens with zero attached hydrogens (tertiary/aromatic N) is 6. The first-order chi connectivity index (χ1) is 23.7. The van der Waals surface area contributed by atoms with Gasteiger partial charge in [0.05, 0.1) is 5.69 Å². The quantitative estimate of drug-likeness (QED) is 0.181. The lowest BCUT2D eigenvalue weighted by molar-refractivity contribution is 0.619. The van der Waals surface area contributed by atoms with Gasteiger partial charge in [-0.3, -0.25) is 4.98 Å². The Morgan fingerprint density at radius 2 is 0.833 bits per heavy atom. The van der Waals surface area contributed by atoms with Gasteiger partial charge >= 0.3 is 0 Å². The van der Waals surface area contributed by atoms with Gasteiger partial charge < -0.3 is 8.83 Å². The highest BCUT2D eigenvalue weighted by atomic mass is 16.4. The molecule has 8 nitrogen and oxygen atoms in total. The SMILES string of the molecule is c1ccc(-c2nc3ccc(-c4nc(-c5cccc(-c6ccccn6)c5)nc(-c5ccc6nc(-c7ccccc7)oc6c5)n4)cc3o2)cc1. The van der Waals surface area contributed by atoms with E-state index >= 15 is 0 Å². The number of hydrogen-bond donors (Lipinski definition) is 0. The lowest BCUT2D eigenvalue weighted by atomic mass is 10.1. The van der Waals surface area contributed by atoms with E-state index in [1.165, 1.54) is 0 Å². The number of oxazole rings is 2. The van der Waals surface area contributed by atoms with E-state index in [0.29, 0.717) is 40.4 Å². The second-order valence-electron chi connectivity index (χ2n) is 11.2. The minimum absolute atomic E-state index is 0.500. The summed E-state index contributed by atoms with van der Waals surface area (Å²) >= 11 is 0. The number of hydrogen-bond acceptors (Lipinski definition) is 8. The molecular weight excluding hydrogens is 596 g/mol. The van der Waals surface area contributed by atoms with Crippen molar-refractivity contribution in [1.29, 1.82) is 0 Å². The van der Waals surface area contributed by atoms with Crippen LogP contribution in [0.5, 0.6) is 0 Å². The van der Waals surface area contributed by atoms with Gasteiger partial charge in [0, 0.05) is 39.6 Å². The highest BCUT2D eigenvalue weighted by Crippen LogP contribution is 2.32. The van der Waals surface area contributed by atoms with E-state index in [1.807, 2.05) is 140 Å². The lowest BCUT2D eigenvalue weighted by Crippen LogP contribution is -2.00. The molecule has 226 valence electrons. The van der Waals surface area contributed by atoms with Crippen LogP contribution in [0.2, 0.25) is 0 Å². The fourth-order valence-corrected chi connectivity index (χ4v) is 5.65. The van der Waals surface area contributed by atoms with Crippen molar-refractivity contribution in [3.05, 3.63) is 146 Å². The van der Waals surface area contributed by atoms with Gasteiger partial charge in [0.25, 0.3) is 0 Å². The average Bonchev–Trinajstić information content (AvgIpc) is 3.80. The van der Waals surface area contributed by atoms with E-state index in [2.05, 4.69) is 4.98 Å². The first-order valence-electron chi connectivity index (χ1n) is 15.4. The highest BCUT2D eigenvalue weighted by Gasteiger charge is 2.17. The van der Waals surface area contributed by atoms with Crippen LogP contribution >= 0.6 is 0 Å². The Hall–Kier alpha value is -6.80. The van der Waals surface area contributed by atoms with E-state index < -0.39 is 0 Å². The molecule has 0 radical (unpaired) electrons. The van der Waals surface area contributed by atoms with Gasteiger partial charge in [-0.05, 0) is 78.9 Å².